The minimum atomic E-state index is 0.226. The fraction of sp³-hybridized carbons (Fsp3) is 0.346. The smallest absolute Gasteiger partial charge is 0.164 e. The lowest BCUT2D eigenvalue weighted by Gasteiger charge is -2.18. The van der Waals surface area contributed by atoms with E-state index in [0.29, 0.717) is 12.3 Å². The number of hydrogen-bond donors (Lipinski definition) is 0. The van der Waals surface area contributed by atoms with Crippen molar-refractivity contribution >= 4 is 28.3 Å². The van der Waals surface area contributed by atoms with E-state index in [0.717, 1.165) is 48.7 Å². The normalized spacial score (nSPS) is 18.9. The number of nitrogens with zero attached hydrogens (tertiary/aromatic N) is 1. The van der Waals surface area contributed by atoms with Crippen molar-refractivity contribution in [3.05, 3.63) is 71.3 Å². The summed E-state index contributed by atoms with van der Waals surface area (Å²) in [5.74, 6) is 2.76. The van der Waals surface area contributed by atoms with E-state index in [1.807, 2.05) is 23.9 Å². The van der Waals surface area contributed by atoms with Crippen LogP contribution in [0.5, 0.6) is 5.75 Å². The number of aryl methyl sites for hydroxylation is 1. The molecule has 1 saturated heterocycles. The van der Waals surface area contributed by atoms with E-state index in [1.165, 1.54) is 27.8 Å². The molecule has 3 aromatic carbocycles. The first-order valence-corrected chi connectivity index (χ1v) is 11.8. The number of likely N-dealkylation sites (tertiary alicyclic amines) is 1. The number of carbonyl (C=O) groups is 1. The molecule has 3 aromatic rings. The number of ether oxygens (including phenoxy) is 1. The van der Waals surface area contributed by atoms with Crippen molar-refractivity contribution in [2.24, 2.45) is 0 Å². The average molecular weight is 418 g/mol. The zero-order valence-electron chi connectivity index (χ0n) is 17.4. The van der Waals surface area contributed by atoms with Gasteiger partial charge in [-0.05, 0) is 60.3 Å². The lowest BCUT2D eigenvalue weighted by molar-refractivity contribution is 0.0969. The third kappa shape index (κ3) is 4.12. The summed E-state index contributed by atoms with van der Waals surface area (Å²) in [6.07, 6.45) is 1.75. The van der Waals surface area contributed by atoms with E-state index >= 15 is 0 Å². The molecule has 2 aliphatic rings. The molecule has 2 heterocycles. The van der Waals surface area contributed by atoms with Gasteiger partial charge >= 0.3 is 0 Å². The van der Waals surface area contributed by atoms with Crippen LogP contribution in [0.2, 0.25) is 0 Å². The highest BCUT2D eigenvalue weighted by Crippen LogP contribution is 2.37. The van der Waals surface area contributed by atoms with Gasteiger partial charge in [-0.1, -0.05) is 42.0 Å². The number of carbonyl (C=O) groups excluding carboxylic acids is 1. The minimum Gasteiger partial charge on any atom is -0.492 e. The zero-order chi connectivity index (χ0) is 20.5. The molecule has 154 valence electrons. The number of hydrogen-bond acceptors (Lipinski definition) is 4. The summed E-state index contributed by atoms with van der Waals surface area (Å²) in [5.41, 5.74) is 3.54. The quantitative estimate of drug-likeness (QED) is 0.499. The van der Waals surface area contributed by atoms with Crippen molar-refractivity contribution in [2.45, 2.75) is 30.6 Å². The van der Waals surface area contributed by atoms with Gasteiger partial charge in [0.25, 0.3) is 0 Å². The second-order valence-corrected chi connectivity index (χ2v) is 9.56. The fourth-order valence-corrected chi connectivity index (χ4v) is 5.37. The molecule has 30 heavy (non-hydrogen) atoms. The topological polar surface area (TPSA) is 29.5 Å². The van der Waals surface area contributed by atoms with E-state index in [1.54, 1.807) is 0 Å². The number of ketones is 1. The third-order valence-corrected chi connectivity index (χ3v) is 7.30. The van der Waals surface area contributed by atoms with Crippen molar-refractivity contribution in [1.82, 2.24) is 4.90 Å². The molecular weight excluding hydrogens is 390 g/mol. The molecule has 5 rings (SSSR count). The summed E-state index contributed by atoms with van der Waals surface area (Å²) in [6.45, 7) is 5.84. The number of benzene rings is 3. The molecule has 1 fully saturated rings. The van der Waals surface area contributed by atoms with Crippen LogP contribution in [0, 0.1) is 6.92 Å². The largest absolute Gasteiger partial charge is 0.492 e. The first-order chi connectivity index (χ1) is 14.7. The van der Waals surface area contributed by atoms with Gasteiger partial charge in [0.1, 0.15) is 5.75 Å². The Kier molecular flexibility index (Phi) is 5.53. The Labute approximate surface area is 182 Å². The molecule has 4 heteroatoms. The second kappa shape index (κ2) is 8.44. The third-order valence-electron chi connectivity index (χ3n) is 6.30. The van der Waals surface area contributed by atoms with Crippen LogP contribution in [0.25, 0.3) is 10.8 Å². The molecule has 0 saturated carbocycles. The maximum Gasteiger partial charge on any atom is 0.164 e. The highest BCUT2D eigenvalue weighted by molar-refractivity contribution is 7.99. The Morgan fingerprint density at radius 3 is 2.83 bits per heavy atom. The Morgan fingerprint density at radius 2 is 1.97 bits per heavy atom. The van der Waals surface area contributed by atoms with Gasteiger partial charge in [-0.3, -0.25) is 4.79 Å². The SMILES string of the molecule is Cc1ccc(C2CCN(CCC(=O)c3ccc4cc5c(cc4c3)OCCS5)C2)cc1. The molecule has 0 aromatic heterocycles. The highest BCUT2D eigenvalue weighted by atomic mass is 32.2. The number of rotatable bonds is 5. The average Bonchev–Trinajstić information content (AvgIpc) is 3.25. The molecule has 1 atom stereocenters. The summed E-state index contributed by atoms with van der Waals surface area (Å²) >= 11 is 1.84. The van der Waals surface area contributed by atoms with Gasteiger partial charge in [-0.15, -0.1) is 11.8 Å². The maximum atomic E-state index is 12.9. The van der Waals surface area contributed by atoms with Crippen LogP contribution in [0.1, 0.15) is 40.2 Å². The summed E-state index contributed by atoms with van der Waals surface area (Å²) < 4.78 is 5.79. The molecule has 0 amide bonds. The van der Waals surface area contributed by atoms with Crippen LogP contribution in [0.15, 0.2) is 59.5 Å². The molecule has 3 nitrogen and oxygen atoms in total. The maximum absolute atomic E-state index is 12.9. The lowest BCUT2D eigenvalue weighted by atomic mass is 9.97. The molecule has 0 radical (unpaired) electrons. The molecule has 0 N–H and O–H groups in total. The highest BCUT2D eigenvalue weighted by Gasteiger charge is 2.24. The van der Waals surface area contributed by atoms with Gasteiger partial charge in [0.15, 0.2) is 5.78 Å². The molecule has 0 aliphatic carbocycles. The van der Waals surface area contributed by atoms with Gasteiger partial charge in [-0.2, -0.15) is 0 Å². The summed E-state index contributed by atoms with van der Waals surface area (Å²) in [4.78, 5) is 16.5. The standard InChI is InChI=1S/C26H27NO2S/c1-18-2-4-19(5-3-18)22-8-10-27(17-22)11-9-24(28)21-7-6-20-16-26-25(15-23(20)14-21)29-12-13-30-26/h2-7,14-16,22H,8-13,17H2,1H3. The van der Waals surface area contributed by atoms with Gasteiger partial charge in [0.05, 0.1) is 11.5 Å². The van der Waals surface area contributed by atoms with Gasteiger partial charge < -0.3 is 9.64 Å². The Bertz CT molecular complexity index is 1080. The first-order valence-electron chi connectivity index (χ1n) is 10.8. The van der Waals surface area contributed by atoms with E-state index in [-0.39, 0.29) is 5.78 Å². The van der Waals surface area contributed by atoms with Gasteiger partial charge in [0.2, 0.25) is 0 Å². The van der Waals surface area contributed by atoms with E-state index in [2.05, 4.69) is 54.3 Å². The second-order valence-electron chi connectivity index (χ2n) is 8.43. The summed E-state index contributed by atoms with van der Waals surface area (Å²) in [5, 5.41) is 2.26. The summed E-state index contributed by atoms with van der Waals surface area (Å²) in [7, 11) is 0. The summed E-state index contributed by atoms with van der Waals surface area (Å²) in [6, 6.07) is 19.2. The molecule has 1 unspecified atom stereocenters. The Hall–Kier alpha value is -2.30. The lowest BCUT2D eigenvalue weighted by Crippen LogP contribution is -2.23. The van der Waals surface area contributed by atoms with Crippen molar-refractivity contribution < 1.29 is 9.53 Å². The first kappa shape index (κ1) is 19.7. The Balaban J connectivity index is 1.22. The number of thioether (sulfide) groups is 1. The van der Waals surface area contributed by atoms with Crippen LogP contribution in [-0.2, 0) is 0 Å². The van der Waals surface area contributed by atoms with Crippen molar-refractivity contribution in [1.29, 1.82) is 0 Å². The molecular formula is C26H27NO2S. The van der Waals surface area contributed by atoms with Crippen LogP contribution in [0.4, 0.5) is 0 Å². The van der Waals surface area contributed by atoms with E-state index in [9.17, 15) is 4.79 Å². The predicted octanol–water partition coefficient (Wildman–Crippen LogP) is 5.70. The van der Waals surface area contributed by atoms with Gasteiger partial charge in [-0.25, -0.2) is 0 Å². The minimum absolute atomic E-state index is 0.226. The number of fused-ring (bicyclic) bond motifs is 2. The van der Waals surface area contributed by atoms with Gasteiger partial charge in [0, 0.05) is 30.8 Å². The van der Waals surface area contributed by atoms with E-state index in [4.69, 9.17) is 4.74 Å². The molecule has 0 bridgehead atoms. The van der Waals surface area contributed by atoms with Crippen molar-refractivity contribution in [3.8, 4) is 5.75 Å². The van der Waals surface area contributed by atoms with Crippen molar-refractivity contribution in [2.75, 3.05) is 32.0 Å². The van der Waals surface area contributed by atoms with E-state index < -0.39 is 0 Å². The van der Waals surface area contributed by atoms with Crippen LogP contribution in [-0.4, -0.2) is 42.7 Å². The number of Topliss-reactive ketones (excluding diaryl/α,β-unsaturated/α-hetero) is 1. The predicted molar refractivity (Wildman–Crippen MR) is 124 cm³/mol. The monoisotopic (exact) mass is 417 g/mol. The van der Waals surface area contributed by atoms with Crippen LogP contribution in [0.3, 0.4) is 0 Å². The van der Waals surface area contributed by atoms with Crippen LogP contribution < -0.4 is 4.74 Å². The molecule has 2 aliphatic heterocycles. The van der Waals surface area contributed by atoms with Crippen molar-refractivity contribution in [3.63, 3.8) is 0 Å². The fourth-order valence-electron chi connectivity index (χ4n) is 4.51. The zero-order valence-corrected chi connectivity index (χ0v) is 18.2. The Morgan fingerprint density at radius 1 is 1.10 bits per heavy atom. The molecule has 0 spiro atoms. The van der Waals surface area contributed by atoms with Crippen LogP contribution >= 0.6 is 11.8 Å².